The SMILES string of the molecule is CC(C)[C@H](N)C(=O)NC(=O)CCN1CCOCC1. The normalized spacial score (nSPS) is 18.7. The Bertz CT molecular complexity index is 288. The second-order valence-electron chi connectivity index (χ2n) is 4.89. The van der Waals surface area contributed by atoms with Crippen LogP contribution in [0.25, 0.3) is 0 Å². The Kier molecular flexibility index (Phi) is 6.24. The number of nitrogens with zero attached hydrogens (tertiary/aromatic N) is 1. The van der Waals surface area contributed by atoms with Crippen LogP contribution in [0.4, 0.5) is 0 Å². The van der Waals surface area contributed by atoms with Crippen molar-refractivity contribution in [1.82, 2.24) is 10.2 Å². The maximum atomic E-state index is 11.6. The highest BCUT2D eigenvalue weighted by Crippen LogP contribution is 2.00. The molecular formula is C12H23N3O3. The van der Waals surface area contributed by atoms with Crippen LogP contribution >= 0.6 is 0 Å². The Balaban J connectivity index is 2.22. The van der Waals surface area contributed by atoms with Gasteiger partial charge in [0.25, 0.3) is 0 Å². The lowest BCUT2D eigenvalue weighted by atomic mass is 10.1. The van der Waals surface area contributed by atoms with Crippen LogP contribution in [0, 0.1) is 5.92 Å². The van der Waals surface area contributed by atoms with E-state index in [0.717, 1.165) is 13.1 Å². The number of carbonyl (C=O) groups excluding carboxylic acids is 2. The van der Waals surface area contributed by atoms with Crippen LogP contribution in [0.1, 0.15) is 20.3 Å². The lowest BCUT2D eigenvalue weighted by Gasteiger charge is -2.26. The molecule has 0 aromatic carbocycles. The van der Waals surface area contributed by atoms with E-state index in [4.69, 9.17) is 10.5 Å². The maximum Gasteiger partial charge on any atom is 0.243 e. The fraction of sp³-hybridized carbons (Fsp3) is 0.833. The van der Waals surface area contributed by atoms with Gasteiger partial charge in [0, 0.05) is 26.1 Å². The zero-order valence-corrected chi connectivity index (χ0v) is 11.1. The molecule has 3 N–H and O–H groups in total. The van der Waals surface area contributed by atoms with E-state index in [2.05, 4.69) is 10.2 Å². The van der Waals surface area contributed by atoms with Gasteiger partial charge < -0.3 is 10.5 Å². The molecular weight excluding hydrogens is 234 g/mol. The summed E-state index contributed by atoms with van der Waals surface area (Å²) in [4.78, 5) is 25.3. The predicted octanol–water partition coefficient (Wildman–Crippen LogP) is -0.665. The molecule has 1 aliphatic rings. The molecule has 1 fully saturated rings. The van der Waals surface area contributed by atoms with Crippen LogP contribution in [-0.4, -0.2) is 55.6 Å². The summed E-state index contributed by atoms with van der Waals surface area (Å²) < 4.78 is 5.22. The molecule has 1 atom stereocenters. The Morgan fingerprint density at radius 3 is 2.50 bits per heavy atom. The summed E-state index contributed by atoms with van der Waals surface area (Å²) in [5.41, 5.74) is 5.66. The highest BCUT2D eigenvalue weighted by atomic mass is 16.5. The number of nitrogens with one attached hydrogen (secondary N) is 1. The third-order valence-corrected chi connectivity index (χ3v) is 3.04. The number of imide groups is 1. The third-order valence-electron chi connectivity index (χ3n) is 3.04. The van der Waals surface area contributed by atoms with Crippen molar-refractivity contribution in [3.05, 3.63) is 0 Å². The third kappa shape index (κ3) is 5.12. The summed E-state index contributed by atoms with van der Waals surface area (Å²) in [5.74, 6) is -0.628. The van der Waals surface area contributed by atoms with Crippen LogP contribution in [0.5, 0.6) is 0 Å². The Labute approximate surface area is 108 Å². The van der Waals surface area contributed by atoms with Gasteiger partial charge in [-0.15, -0.1) is 0 Å². The number of nitrogens with two attached hydrogens (primary N) is 1. The first-order valence-corrected chi connectivity index (χ1v) is 6.40. The predicted molar refractivity (Wildman–Crippen MR) is 67.8 cm³/mol. The molecule has 104 valence electrons. The van der Waals surface area contributed by atoms with Crippen LogP contribution in [-0.2, 0) is 14.3 Å². The molecule has 0 bridgehead atoms. The molecule has 0 spiro atoms. The zero-order valence-electron chi connectivity index (χ0n) is 11.1. The average molecular weight is 257 g/mol. The van der Waals surface area contributed by atoms with E-state index in [1.807, 2.05) is 13.8 Å². The molecule has 0 radical (unpaired) electrons. The summed E-state index contributed by atoms with van der Waals surface area (Å²) in [6, 6.07) is -0.627. The minimum atomic E-state index is -0.627. The zero-order chi connectivity index (χ0) is 13.5. The van der Waals surface area contributed by atoms with Gasteiger partial charge in [-0.1, -0.05) is 13.8 Å². The van der Waals surface area contributed by atoms with Crippen molar-refractivity contribution in [2.75, 3.05) is 32.8 Å². The van der Waals surface area contributed by atoms with E-state index in [0.29, 0.717) is 26.2 Å². The van der Waals surface area contributed by atoms with Crippen LogP contribution in [0.15, 0.2) is 0 Å². The number of ether oxygens (including phenoxy) is 1. The van der Waals surface area contributed by atoms with Crippen molar-refractivity contribution in [1.29, 1.82) is 0 Å². The Morgan fingerprint density at radius 1 is 1.33 bits per heavy atom. The van der Waals surface area contributed by atoms with E-state index in [1.165, 1.54) is 0 Å². The van der Waals surface area contributed by atoms with E-state index >= 15 is 0 Å². The fourth-order valence-corrected chi connectivity index (χ4v) is 1.67. The van der Waals surface area contributed by atoms with Gasteiger partial charge >= 0.3 is 0 Å². The first-order chi connectivity index (χ1) is 8.50. The molecule has 0 aliphatic carbocycles. The molecule has 6 nitrogen and oxygen atoms in total. The lowest BCUT2D eigenvalue weighted by molar-refractivity contribution is -0.132. The highest BCUT2D eigenvalue weighted by molar-refractivity contribution is 5.97. The number of carbonyl (C=O) groups is 2. The molecule has 1 aliphatic heterocycles. The van der Waals surface area contributed by atoms with E-state index in [-0.39, 0.29) is 11.8 Å². The maximum absolute atomic E-state index is 11.6. The van der Waals surface area contributed by atoms with Gasteiger partial charge in [-0.05, 0) is 5.92 Å². The number of morpholine rings is 1. The summed E-state index contributed by atoms with van der Waals surface area (Å²) >= 11 is 0. The van der Waals surface area contributed by atoms with Gasteiger partial charge in [0.05, 0.1) is 19.3 Å². The van der Waals surface area contributed by atoms with Crippen molar-refractivity contribution in [3.63, 3.8) is 0 Å². The Hall–Kier alpha value is -0.980. The summed E-state index contributed by atoms with van der Waals surface area (Å²) in [5, 5.41) is 2.34. The summed E-state index contributed by atoms with van der Waals surface area (Å²) in [7, 11) is 0. The van der Waals surface area contributed by atoms with Crippen LogP contribution in [0.2, 0.25) is 0 Å². The lowest BCUT2D eigenvalue weighted by Crippen LogP contribution is -2.47. The second-order valence-corrected chi connectivity index (χ2v) is 4.89. The van der Waals surface area contributed by atoms with Crippen molar-refractivity contribution in [3.8, 4) is 0 Å². The highest BCUT2D eigenvalue weighted by Gasteiger charge is 2.19. The first-order valence-electron chi connectivity index (χ1n) is 6.40. The minimum Gasteiger partial charge on any atom is -0.379 e. The molecule has 0 aromatic rings. The fourth-order valence-electron chi connectivity index (χ4n) is 1.67. The van der Waals surface area contributed by atoms with Crippen molar-refractivity contribution >= 4 is 11.8 Å². The van der Waals surface area contributed by atoms with Crippen molar-refractivity contribution < 1.29 is 14.3 Å². The molecule has 1 rings (SSSR count). The number of amides is 2. The molecule has 18 heavy (non-hydrogen) atoms. The number of rotatable bonds is 5. The summed E-state index contributed by atoms with van der Waals surface area (Å²) in [6.45, 7) is 7.45. The topological polar surface area (TPSA) is 84.7 Å². The monoisotopic (exact) mass is 257 g/mol. The molecule has 2 amide bonds. The van der Waals surface area contributed by atoms with Crippen molar-refractivity contribution in [2.45, 2.75) is 26.3 Å². The standard InChI is InChI=1S/C12H23N3O3/c1-9(2)11(13)12(17)14-10(16)3-4-15-5-7-18-8-6-15/h9,11H,3-8,13H2,1-2H3,(H,14,16,17)/t11-/m0/s1. The molecule has 0 unspecified atom stereocenters. The van der Waals surface area contributed by atoms with Gasteiger partial charge in [0.15, 0.2) is 0 Å². The molecule has 1 saturated heterocycles. The van der Waals surface area contributed by atoms with E-state index < -0.39 is 11.9 Å². The van der Waals surface area contributed by atoms with Gasteiger partial charge in [0.2, 0.25) is 11.8 Å². The van der Waals surface area contributed by atoms with Crippen LogP contribution < -0.4 is 11.1 Å². The molecule has 1 heterocycles. The van der Waals surface area contributed by atoms with Gasteiger partial charge in [-0.2, -0.15) is 0 Å². The summed E-state index contributed by atoms with van der Waals surface area (Å²) in [6.07, 6.45) is 0.316. The second kappa shape index (κ2) is 7.45. The molecule has 6 heteroatoms. The largest absolute Gasteiger partial charge is 0.379 e. The van der Waals surface area contributed by atoms with Gasteiger partial charge in [0.1, 0.15) is 0 Å². The quantitative estimate of drug-likeness (QED) is 0.682. The minimum absolute atomic E-state index is 0.0250. The number of hydrogen-bond donors (Lipinski definition) is 2. The molecule has 0 aromatic heterocycles. The average Bonchev–Trinajstić information content (AvgIpc) is 2.36. The Morgan fingerprint density at radius 2 is 1.94 bits per heavy atom. The van der Waals surface area contributed by atoms with E-state index in [1.54, 1.807) is 0 Å². The van der Waals surface area contributed by atoms with Gasteiger partial charge in [-0.3, -0.25) is 19.8 Å². The number of hydrogen-bond acceptors (Lipinski definition) is 5. The molecule has 0 saturated carbocycles. The van der Waals surface area contributed by atoms with Crippen LogP contribution in [0.3, 0.4) is 0 Å². The van der Waals surface area contributed by atoms with Gasteiger partial charge in [-0.25, -0.2) is 0 Å². The first kappa shape index (κ1) is 15.1. The smallest absolute Gasteiger partial charge is 0.243 e. The van der Waals surface area contributed by atoms with Crippen molar-refractivity contribution in [2.24, 2.45) is 11.7 Å². The van der Waals surface area contributed by atoms with E-state index in [9.17, 15) is 9.59 Å².